The van der Waals surface area contributed by atoms with Crippen molar-refractivity contribution in [1.82, 2.24) is 9.88 Å². The molecule has 0 spiro atoms. The van der Waals surface area contributed by atoms with Gasteiger partial charge in [-0.25, -0.2) is 4.79 Å². The smallest absolute Gasteiger partial charge is 0.322 e. The molecule has 0 unspecified atom stereocenters. The van der Waals surface area contributed by atoms with Gasteiger partial charge in [0.2, 0.25) is 0 Å². The minimum absolute atomic E-state index is 0.115. The lowest BCUT2D eigenvalue weighted by molar-refractivity contribution is 0.184. The molecule has 3 aromatic rings. The number of methoxy groups -OCH3 is 1. The number of urea groups is 1. The average molecular weight is 420 g/mol. The average Bonchev–Trinajstić information content (AvgIpc) is 3.27. The van der Waals surface area contributed by atoms with Crippen LogP contribution >= 0.6 is 0 Å². The highest BCUT2D eigenvalue weighted by atomic mass is 16.5. The Morgan fingerprint density at radius 1 is 1.16 bits per heavy atom. The van der Waals surface area contributed by atoms with Gasteiger partial charge < -0.3 is 19.9 Å². The first-order chi connectivity index (χ1) is 15.0. The van der Waals surface area contributed by atoms with Crippen molar-refractivity contribution in [2.45, 2.75) is 52.1 Å². The number of carbonyl (C=O) groups is 1. The third kappa shape index (κ3) is 4.43. The first-order valence-electron chi connectivity index (χ1n) is 10.8. The molecule has 2 amide bonds. The third-order valence-electron chi connectivity index (χ3n) is 6.09. The van der Waals surface area contributed by atoms with E-state index in [2.05, 4.69) is 22.4 Å². The Balaban J connectivity index is 1.66. The van der Waals surface area contributed by atoms with Crippen molar-refractivity contribution in [3.8, 4) is 5.75 Å². The van der Waals surface area contributed by atoms with Crippen LogP contribution in [0.5, 0.6) is 5.75 Å². The van der Waals surface area contributed by atoms with E-state index in [0.717, 1.165) is 47.7 Å². The van der Waals surface area contributed by atoms with E-state index in [1.165, 1.54) is 0 Å². The van der Waals surface area contributed by atoms with E-state index in [1.807, 2.05) is 44.2 Å². The number of nitrogens with zero attached hydrogens (tertiary/aromatic N) is 1. The number of aromatic nitrogens is 1. The second kappa shape index (κ2) is 8.84. The number of ether oxygens (including phenoxy) is 1. The number of rotatable bonds is 5. The topological polar surface area (TPSA) is 74.4 Å². The summed E-state index contributed by atoms with van der Waals surface area (Å²) in [6.07, 6.45) is 4.08. The number of pyridine rings is 1. The Kier molecular flexibility index (Phi) is 5.98. The zero-order valence-corrected chi connectivity index (χ0v) is 18.3. The molecule has 4 rings (SSSR count). The highest BCUT2D eigenvalue weighted by molar-refractivity contribution is 5.91. The number of H-pyrrole nitrogens is 1. The first-order valence-corrected chi connectivity index (χ1v) is 10.8. The highest BCUT2D eigenvalue weighted by Gasteiger charge is 2.28. The maximum absolute atomic E-state index is 13.3. The molecular formula is C25H29N3O3. The van der Waals surface area contributed by atoms with Gasteiger partial charge in [0.05, 0.1) is 24.9 Å². The van der Waals surface area contributed by atoms with Crippen LogP contribution in [-0.2, 0) is 6.54 Å². The fourth-order valence-electron chi connectivity index (χ4n) is 4.55. The van der Waals surface area contributed by atoms with E-state index in [1.54, 1.807) is 12.0 Å². The van der Waals surface area contributed by atoms with Crippen LogP contribution in [0, 0.1) is 13.8 Å². The summed E-state index contributed by atoms with van der Waals surface area (Å²) in [5.41, 5.74) is 4.11. The molecular weight excluding hydrogens is 390 g/mol. The molecule has 0 atom stereocenters. The van der Waals surface area contributed by atoms with Gasteiger partial charge in [-0.05, 0) is 61.9 Å². The fourth-order valence-corrected chi connectivity index (χ4v) is 4.55. The number of benzene rings is 2. The zero-order chi connectivity index (χ0) is 22.0. The molecule has 1 aliphatic carbocycles. The number of hydrogen-bond donors (Lipinski definition) is 2. The minimum Gasteiger partial charge on any atom is -0.495 e. The van der Waals surface area contributed by atoms with E-state index < -0.39 is 0 Å². The summed E-state index contributed by atoms with van der Waals surface area (Å²) in [6, 6.07) is 13.3. The Hall–Kier alpha value is -3.28. The summed E-state index contributed by atoms with van der Waals surface area (Å²) in [7, 11) is 1.58. The van der Waals surface area contributed by atoms with Crippen molar-refractivity contribution < 1.29 is 9.53 Å². The molecule has 2 aromatic carbocycles. The molecule has 162 valence electrons. The summed E-state index contributed by atoms with van der Waals surface area (Å²) in [6.45, 7) is 4.31. The molecule has 1 aliphatic rings. The molecule has 6 nitrogen and oxygen atoms in total. The van der Waals surface area contributed by atoms with Gasteiger partial charge in [-0.2, -0.15) is 0 Å². The molecule has 2 N–H and O–H groups in total. The van der Waals surface area contributed by atoms with E-state index in [-0.39, 0.29) is 24.2 Å². The Labute approximate surface area is 182 Å². The molecule has 1 aromatic heterocycles. The number of nitrogens with one attached hydrogen (secondary N) is 2. The predicted octanol–water partition coefficient (Wildman–Crippen LogP) is 5.13. The number of hydrogen-bond acceptors (Lipinski definition) is 3. The number of anilines is 1. The molecule has 1 saturated carbocycles. The van der Waals surface area contributed by atoms with Gasteiger partial charge in [0.1, 0.15) is 5.75 Å². The van der Waals surface area contributed by atoms with Crippen LogP contribution < -0.4 is 15.6 Å². The second-order valence-electron chi connectivity index (χ2n) is 8.37. The summed E-state index contributed by atoms with van der Waals surface area (Å²) in [4.78, 5) is 31.0. The van der Waals surface area contributed by atoms with Crippen molar-refractivity contribution in [2.75, 3.05) is 12.4 Å². The predicted molar refractivity (Wildman–Crippen MR) is 124 cm³/mol. The van der Waals surface area contributed by atoms with Crippen molar-refractivity contribution >= 4 is 22.6 Å². The summed E-state index contributed by atoms with van der Waals surface area (Å²) < 4.78 is 5.37. The lowest BCUT2D eigenvalue weighted by Gasteiger charge is -2.29. The van der Waals surface area contributed by atoms with Gasteiger partial charge in [-0.1, -0.05) is 36.6 Å². The van der Waals surface area contributed by atoms with Crippen molar-refractivity contribution in [3.05, 3.63) is 69.5 Å². The van der Waals surface area contributed by atoms with Gasteiger partial charge >= 0.3 is 6.03 Å². The number of fused-ring (bicyclic) bond motifs is 1. The minimum atomic E-state index is -0.212. The molecule has 6 heteroatoms. The molecule has 0 saturated heterocycles. The Morgan fingerprint density at radius 2 is 1.90 bits per heavy atom. The third-order valence-corrected chi connectivity index (χ3v) is 6.09. The molecule has 1 fully saturated rings. The van der Waals surface area contributed by atoms with E-state index in [9.17, 15) is 9.59 Å². The van der Waals surface area contributed by atoms with Gasteiger partial charge in [-0.3, -0.25) is 4.79 Å². The van der Waals surface area contributed by atoms with Crippen molar-refractivity contribution in [3.63, 3.8) is 0 Å². The van der Waals surface area contributed by atoms with Crippen LogP contribution in [0.25, 0.3) is 10.9 Å². The van der Waals surface area contributed by atoms with E-state index >= 15 is 0 Å². The van der Waals surface area contributed by atoms with Crippen molar-refractivity contribution in [1.29, 1.82) is 0 Å². The molecule has 0 radical (unpaired) electrons. The van der Waals surface area contributed by atoms with Crippen LogP contribution in [0.1, 0.15) is 42.4 Å². The number of carbonyl (C=O) groups excluding carboxylic acids is 1. The quantitative estimate of drug-likeness (QED) is 0.602. The normalized spacial score (nSPS) is 14.0. The van der Waals surface area contributed by atoms with Gasteiger partial charge in [0, 0.05) is 11.6 Å². The van der Waals surface area contributed by atoms with Crippen LogP contribution in [0.2, 0.25) is 0 Å². The Bertz CT molecular complexity index is 1160. The van der Waals surface area contributed by atoms with Gasteiger partial charge in [0.15, 0.2) is 0 Å². The SMILES string of the molecule is COc1ccccc1NC(=O)N(Cc1cc2cc(C)cc(C)c2[nH]c1=O)C1CCCC1. The first kappa shape index (κ1) is 21.0. The lowest BCUT2D eigenvalue weighted by Crippen LogP contribution is -2.42. The zero-order valence-electron chi connectivity index (χ0n) is 18.3. The monoisotopic (exact) mass is 419 g/mol. The number of para-hydroxylation sites is 2. The molecule has 0 bridgehead atoms. The van der Waals surface area contributed by atoms with Crippen LogP contribution in [0.4, 0.5) is 10.5 Å². The van der Waals surface area contributed by atoms with Crippen molar-refractivity contribution in [2.24, 2.45) is 0 Å². The second-order valence-corrected chi connectivity index (χ2v) is 8.37. The van der Waals surface area contributed by atoms with Crippen LogP contribution in [-0.4, -0.2) is 29.1 Å². The molecule has 1 heterocycles. The maximum Gasteiger partial charge on any atom is 0.322 e. The highest BCUT2D eigenvalue weighted by Crippen LogP contribution is 2.28. The lowest BCUT2D eigenvalue weighted by atomic mass is 10.0. The van der Waals surface area contributed by atoms with E-state index in [4.69, 9.17) is 4.74 Å². The molecule has 31 heavy (non-hydrogen) atoms. The largest absolute Gasteiger partial charge is 0.495 e. The maximum atomic E-state index is 13.3. The standard InChI is InChI=1S/C25H29N3O3/c1-16-12-17(2)23-18(13-16)14-19(24(29)27-23)15-28(20-8-4-5-9-20)25(30)26-21-10-6-7-11-22(21)31-3/h6-7,10-14,20H,4-5,8-9,15H2,1-3H3,(H,26,30)(H,27,29). The van der Waals surface area contributed by atoms with Gasteiger partial charge in [-0.15, -0.1) is 0 Å². The van der Waals surface area contributed by atoms with E-state index in [0.29, 0.717) is 17.0 Å². The number of aromatic amines is 1. The summed E-state index contributed by atoms with van der Waals surface area (Å²) >= 11 is 0. The van der Waals surface area contributed by atoms with Gasteiger partial charge in [0.25, 0.3) is 5.56 Å². The number of aryl methyl sites for hydroxylation is 2. The Morgan fingerprint density at radius 3 is 2.65 bits per heavy atom. The van der Waals surface area contributed by atoms with Crippen LogP contribution in [0.3, 0.4) is 0 Å². The fraction of sp³-hybridized carbons (Fsp3) is 0.360. The summed E-state index contributed by atoms with van der Waals surface area (Å²) in [5.74, 6) is 0.608. The number of amides is 2. The molecule has 0 aliphatic heterocycles. The van der Waals surface area contributed by atoms with Crippen LogP contribution in [0.15, 0.2) is 47.3 Å². The summed E-state index contributed by atoms with van der Waals surface area (Å²) in [5, 5.41) is 3.97.